The number of imidazole rings is 1. The predicted molar refractivity (Wildman–Crippen MR) is 92.8 cm³/mol. The number of hydrogen-bond donors (Lipinski definition) is 1. The zero-order chi connectivity index (χ0) is 17.4. The largest absolute Gasteiger partial charge is 0.382 e. The monoisotopic (exact) mass is 353 g/mol. The molecule has 0 amide bonds. The van der Waals surface area contributed by atoms with Crippen molar-refractivity contribution in [1.29, 1.82) is 0 Å². The van der Waals surface area contributed by atoms with E-state index in [4.69, 9.17) is 17.3 Å². The molecule has 0 bridgehead atoms. The molecule has 0 unspecified atom stereocenters. The maximum absolute atomic E-state index is 12.4. The average molecular weight is 354 g/mol. The highest BCUT2D eigenvalue weighted by Crippen LogP contribution is 2.21. The van der Waals surface area contributed by atoms with Crippen molar-refractivity contribution in [2.75, 3.05) is 5.73 Å². The summed E-state index contributed by atoms with van der Waals surface area (Å²) in [7, 11) is 0. The summed E-state index contributed by atoms with van der Waals surface area (Å²) in [5.41, 5.74) is 6.70. The second kappa shape index (κ2) is 5.99. The van der Waals surface area contributed by atoms with Crippen LogP contribution >= 0.6 is 11.6 Å². The van der Waals surface area contributed by atoms with Crippen molar-refractivity contribution in [1.82, 2.24) is 29.1 Å². The summed E-state index contributed by atoms with van der Waals surface area (Å²) in [5, 5.41) is 0.431. The van der Waals surface area contributed by atoms with Gasteiger partial charge in [-0.2, -0.15) is 4.98 Å². The van der Waals surface area contributed by atoms with E-state index < -0.39 is 5.69 Å². The number of anilines is 1. The van der Waals surface area contributed by atoms with Crippen molar-refractivity contribution in [3.05, 3.63) is 70.3 Å². The molecule has 124 valence electrons. The molecule has 0 saturated carbocycles. The molecule has 2 aliphatic rings. The fourth-order valence-electron chi connectivity index (χ4n) is 2.56. The average Bonchev–Trinajstić information content (AvgIpc) is 2.95. The Kier molecular flexibility index (Phi) is 3.66. The van der Waals surface area contributed by atoms with Crippen molar-refractivity contribution in [3.63, 3.8) is 0 Å². The lowest BCUT2D eigenvalue weighted by molar-refractivity contribution is 0.779. The molecule has 0 atom stereocenters. The third-order valence-corrected chi connectivity index (χ3v) is 3.91. The van der Waals surface area contributed by atoms with Gasteiger partial charge in [-0.15, -0.1) is 0 Å². The third-order valence-electron chi connectivity index (χ3n) is 3.68. The SMILES string of the molecule is Nc1cnc(-n2c3cccn(Cc4ccc(Cl)nc4)c-3nc2=O)cn1. The molecule has 8 nitrogen and oxygen atoms in total. The van der Waals surface area contributed by atoms with Crippen molar-refractivity contribution in [2.24, 2.45) is 0 Å². The summed E-state index contributed by atoms with van der Waals surface area (Å²) in [4.78, 5) is 28.7. The lowest BCUT2D eigenvalue weighted by Crippen LogP contribution is -2.16. The Bertz CT molecular complexity index is 1050. The van der Waals surface area contributed by atoms with Gasteiger partial charge in [-0.25, -0.2) is 24.3 Å². The highest BCUT2D eigenvalue weighted by atomic mass is 35.5. The Balaban J connectivity index is 1.78. The molecule has 2 aliphatic heterocycles. The number of nitrogens with zero attached hydrogens (tertiary/aromatic N) is 6. The molecule has 0 spiro atoms. The Hall–Kier alpha value is -3.26. The number of rotatable bonds is 3. The summed E-state index contributed by atoms with van der Waals surface area (Å²) in [6.07, 6.45) is 6.38. The molecule has 9 heteroatoms. The molecule has 2 N–H and O–H groups in total. The van der Waals surface area contributed by atoms with Gasteiger partial charge in [0, 0.05) is 12.4 Å². The van der Waals surface area contributed by atoms with E-state index in [2.05, 4.69) is 19.9 Å². The lowest BCUT2D eigenvalue weighted by atomic mass is 10.2. The number of nitrogens with two attached hydrogens (primary N) is 1. The van der Waals surface area contributed by atoms with Crippen LogP contribution in [0.2, 0.25) is 5.15 Å². The highest BCUT2D eigenvalue weighted by molar-refractivity contribution is 6.29. The van der Waals surface area contributed by atoms with Crippen LogP contribution in [0.1, 0.15) is 5.56 Å². The topological polar surface area (TPSA) is 105 Å². The van der Waals surface area contributed by atoms with Crippen LogP contribution in [0.5, 0.6) is 0 Å². The van der Waals surface area contributed by atoms with E-state index in [0.717, 1.165) is 5.56 Å². The van der Waals surface area contributed by atoms with Gasteiger partial charge in [0.2, 0.25) is 0 Å². The van der Waals surface area contributed by atoms with Crippen LogP contribution in [0.4, 0.5) is 5.82 Å². The Morgan fingerprint density at radius 1 is 1.08 bits per heavy atom. The summed E-state index contributed by atoms with van der Waals surface area (Å²) in [6, 6.07) is 7.24. The van der Waals surface area contributed by atoms with Gasteiger partial charge in [-0.1, -0.05) is 17.7 Å². The van der Waals surface area contributed by atoms with Crippen LogP contribution in [0.3, 0.4) is 0 Å². The first-order valence-electron chi connectivity index (χ1n) is 7.38. The molecule has 0 saturated heterocycles. The molecule has 0 fully saturated rings. The third kappa shape index (κ3) is 2.83. The molecule has 2 aromatic heterocycles. The molecule has 0 radical (unpaired) electrons. The minimum absolute atomic E-state index is 0.283. The summed E-state index contributed by atoms with van der Waals surface area (Å²) < 4.78 is 3.27. The molecule has 2 aromatic rings. The Morgan fingerprint density at radius 2 is 1.96 bits per heavy atom. The van der Waals surface area contributed by atoms with E-state index in [1.165, 1.54) is 17.0 Å². The van der Waals surface area contributed by atoms with Gasteiger partial charge in [-0.05, 0) is 23.8 Å². The molecular weight excluding hydrogens is 342 g/mol. The first kappa shape index (κ1) is 15.3. The normalized spacial score (nSPS) is 11.1. The molecule has 4 rings (SSSR count). The lowest BCUT2D eigenvalue weighted by Gasteiger charge is -2.12. The molecule has 25 heavy (non-hydrogen) atoms. The van der Waals surface area contributed by atoms with Gasteiger partial charge in [0.05, 0.1) is 24.6 Å². The van der Waals surface area contributed by atoms with Gasteiger partial charge in [0.15, 0.2) is 11.6 Å². The van der Waals surface area contributed by atoms with Crippen molar-refractivity contribution >= 4 is 17.4 Å². The zero-order valence-electron chi connectivity index (χ0n) is 12.9. The molecule has 0 aromatic carbocycles. The van der Waals surface area contributed by atoms with E-state index in [1.54, 1.807) is 18.3 Å². The first-order chi connectivity index (χ1) is 12.1. The Labute approximate surface area is 146 Å². The van der Waals surface area contributed by atoms with Crippen LogP contribution in [0.25, 0.3) is 17.3 Å². The van der Waals surface area contributed by atoms with Gasteiger partial charge >= 0.3 is 5.69 Å². The van der Waals surface area contributed by atoms with E-state index in [0.29, 0.717) is 29.0 Å². The molecule has 4 heterocycles. The number of hydrogen-bond acceptors (Lipinski definition) is 6. The number of nitrogen functional groups attached to an aromatic ring is 1. The standard InChI is InChI=1S/C16H12ClN7O/c17-12-4-3-10(6-19-12)9-23-5-1-2-11-15(23)22-16(25)24(11)14-8-20-13(18)7-21-14/h1-8H,9H2,(H2,18,20). The van der Waals surface area contributed by atoms with E-state index in [9.17, 15) is 4.79 Å². The fourth-order valence-corrected chi connectivity index (χ4v) is 2.67. The smallest absolute Gasteiger partial charge is 0.356 e. The van der Waals surface area contributed by atoms with Crippen LogP contribution in [0.15, 0.2) is 53.8 Å². The van der Waals surface area contributed by atoms with Gasteiger partial charge in [0.1, 0.15) is 11.0 Å². The van der Waals surface area contributed by atoms with Crippen LogP contribution in [-0.2, 0) is 6.54 Å². The number of fused-ring (bicyclic) bond motifs is 1. The second-order valence-corrected chi connectivity index (χ2v) is 5.75. The zero-order valence-corrected chi connectivity index (χ0v) is 13.6. The fraction of sp³-hybridized carbons (Fsp3) is 0.0625. The maximum atomic E-state index is 12.4. The summed E-state index contributed by atoms with van der Waals surface area (Å²) in [6.45, 7) is 0.505. The predicted octanol–water partition coefficient (Wildman–Crippen LogP) is 1.61. The summed E-state index contributed by atoms with van der Waals surface area (Å²) >= 11 is 5.82. The van der Waals surface area contributed by atoms with E-state index in [-0.39, 0.29) is 5.82 Å². The quantitative estimate of drug-likeness (QED) is 0.561. The molecule has 0 aliphatic carbocycles. The van der Waals surface area contributed by atoms with Gasteiger partial charge in [0.25, 0.3) is 0 Å². The van der Waals surface area contributed by atoms with Gasteiger partial charge < -0.3 is 10.3 Å². The minimum atomic E-state index is -0.428. The molecular formula is C16H12ClN7O. The van der Waals surface area contributed by atoms with E-state index >= 15 is 0 Å². The van der Waals surface area contributed by atoms with E-state index in [1.807, 2.05) is 22.9 Å². The number of pyridine rings is 2. The van der Waals surface area contributed by atoms with Crippen molar-refractivity contribution < 1.29 is 0 Å². The van der Waals surface area contributed by atoms with Crippen molar-refractivity contribution in [3.8, 4) is 17.3 Å². The van der Waals surface area contributed by atoms with Crippen LogP contribution in [0, 0.1) is 0 Å². The van der Waals surface area contributed by atoms with Gasteiger partial charge in [-0.3, -0.25) is 0 Å². The van der Waals surface area contributed by atoms with Crippen LogP contribution in [-0.4, -0.2) is 29.1 Å². The maximum Gasteiger partial charge on any atom is 0.356 e. The number of aromatic nitrogens is 6. The van der Waals surface area contributed by atoms with Crippen LogP contribution < -0.4 is 11.4 Å². The Morgan fingerprint density at radius 3 is 2.68 bits per heavy atom. The highest BCUT2D eigenvalue weighted by Gasteiger charge is 2.19. The summed E-state index contributed by atoms with van der Waals surface area (Å²) in [5.74, 6) is 1.19. The second-order valence-electron chi connectivity index (χ2n) is 5.36. The minimum Gasteiger partial charge on any atom is -0.382 e. The van der Waals surface area contributed by atoms with Crippen molar-refractivity contribution in [2.45, 2.75) is 6.54 Å². The number of halogens is 1. The first-order valence-corrected chi connectivity index (χ1v) is 7.76.